The van der Waals surface area contributed by atoms with Gasteiger partial charge in [0.25, 0.3) is 0 Å². The maximum absolute atomic E-state index is 10.5. The van der Waals surface area contributed by atoms with Gasteiger partial charge in [0.1, 0.15) is 5.75 Å². The summed E-state index contributed by atoms with van der Waals surface area (Å²) in [5, 5.41) is 8.56. The highest BCUT2D eigenvalue weighted by atomic mass is 16.7. The Hall–Kier alpha value is -1.51. The van der Waals surface area contributed by atoms with Gasteiger partial charge in [-0.2, -0.15) is 0 Å². The average Bonchev–Trinajstić information content (AvgIpc) is 2.63. The summed E-state index contributed by atoms with van der Waals surface area (Å²) in [5.41, 5.74) is 1.25. The summed E-state index contributed by atoms with van der Waals surface area (Å²) in [5.74, 6) is 0.391. The molecular weight excluding hydrogens is 324 g/mol. The van der Waals surface area contributed by atoms with E-state index in [1.54, 1.807) is 12.1 Å². The van der Waals surface area contributed by atoms with E-state index in [1.807, 2.05) is 12.1 Å². The molecular formula is C23H38O3. The van der Waals surface area contributed by atoms with Crippen LogP contribution in [0.2, 0.25) is 0 Å². The van der Waals surface area contributed by atoms with E-state index >= 15 is 0 Å². The summed E-state index contributed by atoms with van der Waals surface area (Å²) < 4.78 is 4.61. The molecule has 0 atom stereocenters. The Labute approximate surface area is 160 Å². The SMILES string of the molecule is CCCCCCCCCCCCCCCCc1ccc(OC(=O)O)cc1. The number of rotatable bonds is 16. The van der Waals surface area contributed by atoms with Crippen molar-refractivity contribution >= 4 is 6.16 Å². The van der Waals surface area contributed by atoms with Crippen LogP contribution in [-0.4, -0.2) is 11.3 Å². The topological polar surface area (TPSA) is 46.5 Å². The van der Waals surface area contributed by atoms with Crippen molar-refractivity contribution in [1.82, 2.24) is 0 Å². The molecule has 0 heterocycles. The molecule has 1 aromatic rings. The van der Waals surface area contributed by atoms with Crippen LogP contribution in [-0.2, 0) is 6.42 Å². The Balaban J connectivity index is 1.87. The molecule has 0 unspecified atom stereocenters. The lowest BCUT2D eigenvalue weighted by Gasteiger charge is -2.04. The molecule has 0 radical (unpaired) electrons. The van der Waals surface area contributed by atoms with Gasteiger partial charge in [-0.05, 0) is 30.5 Å². The third kappa shape index (κ3) is 12.8. The van der Waals surface area contributed by atoms with Crippen molar-refractivity contribution in [1.29, 1.82) is 0 Å². The molecule has 0 aliphatic heterocycles. The Morgan fingerprint density at radius 1 is 0.731 bits per heavy atom. The summed E-state index contributed by atoms with van der Waals surface area (Å²) in [7, 11) is 0. The van der Waals surface area contributed by atoms with E-state index in [4.69, 9.17) is 5.11 Å². The summed E-state index contributed by atoms with van der Waals surface area (Å²) in [6.45, 7) is 2.27. The number of carbonyl (C=O) groups is 1. The van der Waals surface area contributed by atoms with Crippen LogP contribution in [0.3, 0.4) is 0 Å². The lowest BCUT2D eigenvalue weighted by Crippen LogP contribution is -2.02. The van der Waals surface area contributed by atoms with Crippen LogP contribution in [0, 0.1) is 0 Å². The number of hydrogen-bond donors (Lipinski definition) is 1. The van der Waals surface area contributed by atoms with Crippen molar-refractivity contribution in [3.63, 3.8) is 0 Å². The third-order valence-corrected chi connectivity index (χ3v) is 4.95. The Bertz CT molecular complexity index is 453. The van der Waals surface area contributed by atoms with Crippen molar-refractivity contribution in [3.05, 3.63) is 29.8 Å². The van der Waals surface area contributed by atoms with Crippen LogP contribution in [0.15, 0.2) is 24.3 Å². The molecule has 0 saturated carbocycles. The molecule has 1 aromatic carbocycles. The van der Waals surface area contributed by atoms with E-state index in [1.165, 1.54) is 95.5 Å². The molecule has 1 N–H and O–H groups in total. The van der Waals surface area contributed by atoms with Crippen LogP contribution in [0.5, 0.6) is 5.75 Å². The monoisotopic (exact) mass is 362 g/mol. The normalized spacial score (nSPS) is 10.8. The number of aryl methyl sites for hydroxylation is 1. The standard InChI is InChI=1S/C23H38O3/c1-2-3-4-5-6-7-8-9-10-11-12-13-14-15-16-21-17-19-22(20-18-21)26-23(24)25/h17-20H,2-16H2,1H3,(H,24,25). The molecule has 0 saturated heterocycles. The zero-order valence-corrected chi connectivity index (χ0v) is 16.7. The largest absolute Gasteiger partial charge is 0.511 e. The molecule has 0 fully saturated rings. The van der Waals surface area contributed by atoms with Crippen LogP contribution < -0.4 is 4.74 Å². The van der Waals surface area contributed by atoms with Crippen LogP contribution in [0.1, 0.15) is 102 Å². The molecule has 0 aromatic heterocycles. The Morgan fingerprint density at radius 3 is 1.58 bits per heavy atom. The molecule has 148 valence electrons. The lowest BCUT2D eigenvalue weighted by atomic mass is 10.0. The van der Waals surface area contributed by atoms with Crippen molar-refractivity contribution < 1.29 is 14.6 Å². The first kappa shape index (κ1) is 22.5. The Kier molecular flexibility index (Phi) is 13.6. The van der Waals surface area contributed by atoms with Gasteiger partial charge in [0.15, 0.2) is 0 Å². The smallest absolute Gasteiger partial charge is 0.449 e. The molecule has 3 nitrogen and oxygen atoms in total. The number of ether oxygens (including phenoxy) is 1. The quantitative estimate of drug-likeness (QED) is 0.186. The molecule has 0 amide bonds. The minimum atomic E-state index is -1.26. The fraction of sp³-hybridized carbons (Fsp3) is 0.696. The van der Waals surface area contributed by atoms with Gasteiger partial charge in [0.2, 0.25) is 0 Å². The molecule has 1 rings (SSSR count). The van der Waals surface area contributed by atoms with Crippen molar-refractivity contribution in [3.8, 4) is 5.75 Å². The first-order valence-corrected chi connectivity index (χ1v) is 10.7. The van der Waals surface area contributed by atoms with E-state index in [-0.39, 0.29) is 0 Å². The minimum Gasteiger partial charge on any atom is -0.449 e. The van der Waals surface area contributed by atoms with Crippen LogP contribution >= 0.6 is 0 Å². The lowest BCUT2D eigenvalue weighted by molar-refractivity contribution is 0.144. The second kappa shape index (κ2) is 15.7. The number of carboxylic acid groups (broad SMARTS) is 1. The minimum absolute atomic E-state index is 0.391. The van der Waals surface area contributed by atoms with Gasteiger partial charge in [-0.3, -0.25) is 0 Å². The zero-order chi connectivity index (χ0) is 18.9. The number of unbranched alkanes of at least 4 members (excludes halogenated alkanes) is 13. The number of benzene rings is 1. The van der Waals surface area contributed by atoms with E-state index in [0.717, 1.165) is 6.42 Å². The van der Waals surface area contributed by atoms with Crippen LogP contribution in [0.4, 0.5) is 4.79 Å². The third-order valence-electron chi connectivity index (χ3n) is 4.95. The number of hydrogen-bond acceptors (Lipinski definition) is 2. The second-order valence-corrected chi connectivity index (χ2v) is 7.36. The molecule has 0 aliphatic carbocycles. The van der Waals surface area contributed by atoms with Gasteiger partial charge in [0.05, 0.1) is 0 Å². The summed E-state index contributed by atoms with van der Waals surface area (Å²) >= 11 is 0. The highest BCUT2D eigenvalue weighted by molar-refractivity contribution is 5.61. The van der Waals surface area contributed by atoms with Gasteiger partial charge < -0.3 is 9.84 Å². The van der Waals surface area contributed by atoms with Gasteiger partial charge >= 0.3 is 6.16 Å². The van der Waals surface area contributed by atoms with E-state index in [9.17, 15) is 4.79 Å². The van der Waals surface area contributed by atoms with Gasteiger partial charge in [0, 0.05) is 0 Å². The molecule has 0 aliphatic rings. The molecule has 0 bridgehead atoms. The van der Waals surface area contributed by atoms with Gasteiger partial charge in [-0.15, -0.1) is 0 Å². The van der Waals surface area contributed by atoms with Gasteiger partial charge in [-0.25, -0.2) is 4.79 Å². The first-order valence-electron chi connectivity index (χ1n) is 10.7. The summed E-state index contributed by atoms with van der Waals surface area (Å²) in [6, 6.07) is 7.38. The summed E-state index contributed by atoms with van der Waals surface area (Å²) in [4.78, 5) is 10.5. The molecule has 26 heavy (non-hydrogen) atoms. The van der Waals surface area contributed by atoms with Crippen molar-refractivity contribution in [2.45, 2.75) is 103 Å². The highest BCUT2D eigenvalue weighted by Gasteiger charge is 2.01. The molecule has 3 heteroatoms. The molecule has 0 spiro atoms. The highest BCUT2D eigenvalue weighted by Crippen LogP contribution is 2.16. The fourth-order valence-corrected chi connectivity index (χ4v) is 3.35. The van der Waals surface area contributed by atoms with Gasteiger partial charge in [-0.1, -0.05) is 103 Å². The van der Waals surface area contributed by atoms with Crippen LogP contribution in [0.25, 0.3) is 0 Å². The first-order chi connectivity index (χ1) is 12.7. The van der Waals surface area contributed by atoms with Crippen molar-refractivity contribution in [2.75, 3.05) is 0 Å². The van der Waals surface area contributed by atoms with E-state index in [2.05, 4.69) is 11.7 Å². The van der Waals surface area contributed by atoms with E-state index in [0.29, 0.717) is 5.75 Å². The zero-order valence-electron chi connectivity index (χ0n) is 16.7. The predicted octanol–water partition coefficient (Wildman–Crippen LogP) is 7.77. The fourth-order valence-electron chi connectivity index (χ4n) is 3.35. The summed E-state index contributed by atoms with van der Waals surface area (Å²) in [6.07, 6.45) is 19.1. The predicted molar refractivity (Wildman–Crippen MR) is 109 cm³/mol. The van der Waals surface area contributed by atoms with Crippen molar-refractivity contribution in [2.24, 2.45) is 0 Å². The maximum atomic E-state index is 10.5. The average molecular weight is 363 g/mol. The maximum Gasteiger partial charge on any atom is 0.511 e. The Morgan fingerprint density at radius 2 is 1.15 bits per heavy atom. The second-order valence-electron chi connectivity index (χ2n) is 7.36. The van der Waals surface area contributed by atoms with E-state index < -0.39 is 6.16 Å².